The standard InChI is InChI=1S/C16H20N2O/c1-16(2)11-18(14-6-7-14)10-12(15(16)19)9-13-5-3-4-8-17-13/h3-5,8-9,14H,6-7,10-11H2,1-2H3/b12-9+. The van der Waals surface area contributed by atoms with Crippen molar-refractivity contribution < 1.29 is 4.79 Å². The normalized spacial score (nSPS) is 25.8. The molecule has 3 nitrogen and oxygen atoms in total. The molecule has 0 atom stereocenters. The highest BCUT2D eigenvalue weighted by atomic mass is 16.1. The van der Waals surface area contributed by atoms with Gasteiger partial charge in [0.25, 0.3) is 0 Å². The lowest BCUT2D eigenvalue weighted by Gasteiger charge is -2.38. The van der Waals surface area contributed by atoms with Crippen LogP contribution in [0.3, 0.4) is 0 Å². The van der Waals surface area contributed by atoms with E-state index in [-0.39, 0.29) is 11.2 Å². The van der Waals surface area contributed by atoms with E-state index >= 15 is 0 Å². The summed E-state index contributed by atoms with van der Waals surface area (Å²) in [7, 11) is 0. The molecule has 0 unspecified atom stereocenters. The van der Waals surface area contributed by atoms with Crippen molar-refractivity contribution in [2.45, 2.75) is 32.7 Å². The van der Waals surface area contributed by atoms with Crippen molar-refractivity contribution in [3.63, 3.8) is 0 Å². The van der Waals surface area contributed by atoms with Crippen LogP contribution in [0.4, 0.5) is 0 Å². The van der Waals surface area contributed by atoms with Crippen LogP contribution in [0.25, 0.3) is 6.08 Å². The maximum absolute atomic E-state index is 12.5. The first kappa shape index (κ1) is 12.5. The first-order valence-electron chi connectivity index (χ1n) is 6.97. The van der Waals surface area contributed by atoms with E-state index in [1.165, 1.54) is 12.8 Å². The van der Waals surface area contributed by atoms with Crippen molar-refractivity contribution >= 4 is 11.9 Å². The zero-order chi connectivity index (χ0) is 13.5. The highest BCUT2D eigenvalue weighted by Gasteiger charge is 2.42. The van der Waals surface area contributed by atoms with E-state index in [4.69, 9.17) is 0 Å². The van der Waals surface area contributed by atoms with Crippen LogP contribution in [0.15, 0.2) is 30.0 Å². The summed E-state index contributed by atoms with van der Waals surface area (Å²) in [6, 6.07) is 6.49. The van der Waals surface area contributed by atoms with Crippen LogP contribution in [0.5, 0.6) is 0 Å². The summed E-state index contributed by atoms with van der Waals surface area (Å²) in [4.78, 5) is 19.3. The summed E-state index contributed by atoms with van der Waals surface area (Å²) in [5, 5.41) is 0. The summed E-state index contributed by atoms with van der Waals surface area (Å²) in [5.41, 5.74) is 1.50. The number of hydrogen-bond acceptors (Lipinski definition) is 3. The fourth-order valence-electron chi connectivity index (χ4n) is 2.81. The van der Waals surface area contributed by atoms with Crippen molar-refractivity contribution in [3.8, 4) is 0 Å². The molecule has 0 radical (unpaired) electrons. The van der Waals surface area contributed by atoms with Gasteiger partial charge in [0.05, 0.1) is 5.69 Å². The second kappa shape index (κ2) is 4.57. The van der Waals surface area contributed by atoms with E-state index in [0.717, 1.165) is 24.4 Å². The fourth-order valence-corrected chi connectivity index (χ4v) is 2.81. The SMILES string of the molecule is CC1(C)CN(C2CC2)C/C(=C\c2ccccn2)C1=O. The van der Waals surface area contributed by atoms with E-state index < -0.39 is 0 Å². The highest BCUT2D eigenvalue weighted by molar-refractivity contribution is 6.04. The van der Waals surface area contributed by atoms with Crippen LogP contribution >= 0.6 is 0 Å². The second-order valence-electron chi connectivity index (χ2n) is 6.27. The van der Waals surface area contributed by atoms with Crippen molar-refractivity contribution in [1.82, 2.24) is 9.88 Å². The predicted octanol–water partition coefficient (Wildman–Crippen LogP) is 2.54. The number of pyridine rings is 1. The van der Waals surface area contributed by atoms with Crippen LogP contribution in [0.2, 0.25) is 0 Å². The molecule has 0 amide bonds. The molecule has 19 heavy (non-hydrogen) atoms. The molecule has 100 valence electrons. The van der Waals surface area contributed by atoms with Gasteiger partial charge >= 0.3 is 0 Å². The third kappa shape index (κ3) is 2.61. The van der Waals surface area contributed by atoms with E-state index in [1.54, 1.807) is 6.20 Å². The van der Waals surface area contributed by atoms with Gasteiger partial charge in [-0.25, -0.2) is 0 Å². The molecule has 0 N–H and O–H groups in total. The average Bonchev–Trinajstić information content (AvgIpc) is 3.20. The molecule has 0 bridgehead atoms. The molecule has 2 aliphatic rings. The van der Waals surface area contributed by atoms with E-state index in [1.807, 2.05) is 24.3 Å². The van der Waals surface area contributed by atoms with Crippen molar-refractivity contribution in [1.29, 1.82) is 0 Å². The first-order valence-corrected chi connectivity index (χ1v) is 6.97. The third-order valence-electron chi connectivity index (χ3n) is 3.95. The number of rotatable bonds is 2. The maximum Gasteiger partial charge on any atom is 0.167 e. The van der Waals surface area contributed by atoms with Gasteiger partial charge in [0.15, 0.2) is 5.78 Å². The minimum atomic E-state index is -0.276. The number of piperidine rings is 1. The molecule has 0 aromatic carbocycles. The van der Waals surface area contributed by atoms with Crippen LogP contribution in [-0.4, -0.2) is 34.8 Å². The number of carbonyl (C=O) groups is 1. The molecule has 1 aromatic heterocycles. The van der Waals surface area contributed by atoms with Crippen LogP contribution < -0.4 is 0 Å². The molecule has 1 saturated carbocycles. The number of aromatic nitrogens is 1. The van der Waals surface area contributed by atoms with Gasteiger partial charge in [-0.1, -0.05) is 19.9 Å². The van der Waals surface area contributed by atoms with Gasteiger partial charge in [-0.05, 0) is 31.1 Å². The quantitative estimate of drug-likeness (QED) is 0.762. The summed E-state index contributed by atoms with van der Waals surface area (Å²) >= 11 is 0. The topological polar surface area (TPSA) is 33.2 Å². The Morgan fingerprint density at radius 2 is 2.16 bits per heavy atom. The Labute approximate surface area is 114 Å². The first-order chi connectivity index (χ1) is 9.06. The molecule has 2 fully saturated rings. The average molecular weight is 256 g/mol. The van der Waals surface area contributed by atoms with Crippen LogP contribution in [0, 0.1) is 5.41 Å². The summed E-state index contributed by atoms with van der Waals surface area (Å²) in [6.45, 7) is 5.77. The second-order valence-corrected chi connectivity index (χ2v) is 6.27. The number of ketones is 1. The highest BCUT2D eigenvalue weighted by Crippen LogP contribution is 2.36. The number of likely N-dealkylation sites (tertiary alicyclic amines) is 1. The van der Waals surface area contributed by atoms with Crippen molar-refractivity contribution in [2.24, 2.45) is 5.41 Å². The molecule has 1 aliphatic heterocycles. The lowest BCUT2D eigenvalue weighted by atomic mass is 9.79. The Bertz CT molecular complexity index is 515. The van der Waals surface area contributed by atoms with E-state index in [2.05, 4.69) is 23.7 Å². The summed E-state index contributed by atoms with van der Waals surface area (Å²) in [5.74, 6) is 0.273. The van der Waals surface area contributed by atoms with Crippen molar-refractivity contribution in [3.05, 3.63) is 35.7 Å². The van der Waals surface area contributed by atoms with Gasteiger partial charge in [0.1, 0.15) is 0 Å². The smallest absolute Gasteiger partial charge is 0.167 e. The number of nitrogens with zero attached hydrogens (tertiary/aromatic N) is 2. The summed E-state index contributed by atoms with van der Waals surface area (Å²) < 4.78 is 0. The maximum atomic E-state index is 12.5. The summed E-state index contributed by atoms with van der Waals surface area (Å²) in [6.07, 6.45) is 6.28. The Morgan fingerprint density at radius 3 is 2.79 bits per heavy atom. The van der Waals surface area contributed by atoms with Gasteiger partial charge in [0.2, 0.25) is 0 Å². The Kier molecular flexibility index (Phi) is 3.02. The lowest BCUT2D eigenvalue weighted by Crippen LogP contribution is -2.48. The fraction of sp³-hybridized carbons (Fsp3) is 0.500. The Balaban J connectivity index is 1.90. The van der Waals surface area contributed by atoms with Gasteiger partial charge in [-0.2, -0.15) is 0 Å². The van der Waals surface area contributed by atoms with Crippen molar-refractivity contribution in [2.75, 3.05) is 13.1 Å². The molecular weight excluding hydrogens is 236 g/mol. The third-order valence-corrected chi connectivity index (χ3v) is 3.95. The van der Waals surface area contributed by atoms with Gasteiger partial charge in [0, 0.05) is 36.3 Å². The minimum Gasteiger partial charge on any atom is -0.295 e. The molecule has 0 spiro atoms. The zero-order valence-electron chi connectivity index (χ0n) is 11.6. The minimum absolute atomic E-state index is 0.273. The van der Waals surface area contributed by atoms with E-state index in [9.17, 15) is 4.79 Å². The van der Waals surface area contributed by atoms with Gasteiger partial charge in [-0.15, -0.1) is 0 Å². The molecule has 1 aliphatic carbocycles. The van der Waals surface area contributed by atoms with Gasteiger partial charge < -0.3 is 0 Å². The molecule has 3 rings (SSSR count). The molecule has 2 heterocycles. The molecular formula is C16H20N2O. The van der Waals surface area contributed by atoms with E-state index in [0.29, 0.717) is 6.04 Å². The predicted molar refractivity (Wildman–Crippen MR) is 75.6 cm³/mol. The number of carbonyl (C=O) groups excluding carboxylic acids is 1. The lowest BCUT2D eigenvalue weighted by molar-refractivity contribution is -0.126. The van der Waals surface area contributed by atoms with Crippen LogP contribution in [0.1, 0.15) is 32.4 Å². The Hall–Kier alpha value is -1.48. The zero-order valence-corrected chi connectivity index (χ0v) is 11.6. The molecule has 3 heteroatoms. The number of hydrogen-bond donors (Lipinski definition) is 0. The molecule has 1 saturated heterocycles. The number of Topliss-reactive ketones (excluding diaryl/α,β-unsaturated/α-hetero) is 1. The largest absolute Gasteiger partial charge is 0.295 e. The monoisotopic (exact) mass is 256 g/mol. The van der Waals surface area contributed by atoms with Gasteiger partial charge in [-0.3, -0.25) is 14.7 Å². The van der Waals surface area contributed by atoms with Crippen LogP contribution in [-0.2, 0) is 4.79 Å². The molecule has 1 aromatic rings. The Morgan fingerprint density at radius 1 is 1.37 bits per heavy atom.